The van der Waals surface area contributed by atoms with E-state index in [1.807, 2.05) is 4.90 Å². The number of aliphatic hydroxyl groups is 1. The minimum Gasteiger partial charge on any atom is -0.394 e. The van der Waals surface area contributed by atoms with Crippen LogP contribution in [-0.4, -0.2) is 30.6 Å². The van der Waals surface area contributed by atoms with E-state index < -0.39 is 11.7 Å². The van der Waals surface area contributed by atoms with Gasteiger partial charge in [0.2, 0.25) is 0 Å². The first-order valence-corrected chi connectivity index (χ1v) is 7.01. The van der Waals surface area contributed by atoms with Gasteiger partial charge in [0.1, 0.15) is 0 Å². The van der Waals surface area contributed by atoms with Crippen LogP contribution in [0.15, 0.2) is 18.2 Å². The van der Waals surface area contributed by atoms with Crippen LogP contribution in [0.2, 0.25) is 0 Å². The highest BCUT2D eigenvalue weighted by molar-refractivity contribution is 5.79. The molecule has 1 aromatic rings. The summed E-state index contributed by atoms with van der Waals surface area (Å²) in [5, 5.41) is 9.46. The Morgan fingerprint density at radius 2 is 2.05 bits per heavy atom. The third-order valence-corrected chi connectivity index (χ3v) is 3.89. The molecule has 0 saturated carbocycles. The van der Waals surface area contributed by atoms with E-state index in [-0.39, 0.29) is 24.5 Å². The monoisotopic (exact) mass is 301 g/mol. The molecule has 1 aromatic carbocycles. The maximum atomic E-state index is 13.0. The first-order chi connectivity index (χ1) is 9.97. The molecular formula is C15H18F3NO2. The highest BCUT2D eigenvalue weighted by atomic mass is 19.4. The number of hydrogen-bond donors (Lipinski definition) is 1. The molecule has 2 rings (SSSR count). The van der Waals surface area contributed by atoms with Crippen LogP contribution in [0.4, 0.5) is 18.9 Å². The molecular weight excluding hydrogens is 283 g/mol. The lowest BCUT2D eigenvalue weighted by Crippen LogP contribution is -2.37. The number of halogens is 3. The van der Waals surface area contributed by atoms with E-state index in [9.17, 15) is 23.1 Å². The number of alkyl halides is 3. The molecule has 0 radical (unpaired) electrons. The number of carbonyl (C=O) groups is 1. The van der Waals surface area contributed by atoms with E-state index in [1.54, 1.807) is 0 Å². The molecule has 1 aliphatic rings. The molecule has 1 N–H and O–H groups in total. The second kappa shape index (κ2) is 6.47. The zero-order chi connectivity index (χ0) is 15.5. The maximum absolute atomic E-state index is 13.0. The average molecular weight is 301 g/mol. The fraction of sp³-hybridized carbons (Fsp3) is 0.533. The van der Waals surface area contributed by atoms with Gasteiger partial charge in [-0.2, -0.15) is 13.2 Å². The van der Waals surface area contributed by atoms with Gasteiger partial charge in [-0.05, 0) is 31.0 Å². The summed E-state index contributed by atoms with van der Waals surface area (Å²) in [5.74, 6) is 0. The van der Waals surface area contributed by atoms with E-state index in [0.29, 0.717) is 12.2 Å². The molecule has 1 fully saturated rings. The third kappa shape index (κ3) is 3.56. The van der Waals surface area contributed by atoms with E-state index in [0.717, 1.165) is 31.7 Å². The summed E-state index contributed by atoms with van der Waals surface area (Å²) in [5.41, 5.74) is -0.869. The summed E-state index contributed by atoms with van der Waals surface area (Å²) in [6, 6.07) is 3.56. The normalized spacial score (nSPS) is 20.2. The molecule has 1 saturated heterocycles. The first-order valence-electron chi connectivity index (χ1n) is 7.01. The Labute approximate surface area is 121 Å². The van der Waals surface area contributed by atoms with Gasteiger partial charge in [-0.3, -0.25) is 4.79 Å². The number of aliphatic hydroxyl groups excluding tert-OH is 1. The molecule has 116 valence electrons. The molecule has 1 aliphatic heterocycles. The number of aldehydes is 1. The second-order valence-corrected chi connectivity index (χ2v) is 5.27. The predicted octanol–water partition coefficient (Wildman–Crippen LogP) is 3.26. The number of nitrogens with zero attached hydrogens (tertiary/aromatic N) is 1. The van der Waals surface area contributed by atoms with Crippen molar-refractivity contribution in [2.75, 3.05) is 18.1 Å². The maximum Gasteiger partial charge on any atom is 0.417 e. The molecule has 0 aromatic heterocycles. The smallest absolute Gasteiger partial charge is 0.394 e. The summed E-state index contributed by atoms with van der Waals surface area (Å²) in [6.07, 6.45) is -0.738. The van der Waals surface area contributed by atoms with Gasteiger partial charge < -0.3 is 10.0 Å². The third-order valence-electron chi connectivity index (χ3n) is 3.89. The van der Waals surface area contributed by atoms with Crippen molar-refractivity contribution in [3.05, 3.63) is 29.3 Å². The van der Waals surface area contributed by atoms with Crippen LogP contribution in [0.3, 0.4) is 0 Å². The summed E-state index contributed by atoms with van der Waals surface area (Å²) in [7, 11) is 0. The lowest BCUT2D eigenvalue weighted by Gasteiger charge is -2.31. The van der Waals surface area contributed by atoms with Crippen molar-refractivity contribution in [1.29, 1.82) is 0 Å². The van der Waals surface area contributed by atoms with E-state index in [1.165, 1.54) is 12.1 Å². The largest absolute Gasteiger partial charge is 0.417 e. The predicted molar refractivity (Wildman–Crippen MR) is 73.5 cm³/mol. The summed E-state index contributed by atoms with van der Waals surface area (Å²) in [6.45, 7) is 0.528. The topological polar surface area (TPSA) is 40.5 Å². The number of carbonyl (C=O) groups excluding carboxylic acids is 1. The van der Waals surface area contributed by atoms with Gasteiger partial charge in [0.25, 0.3) is 0 Å². The van der Waals surface area contributed by atoms with Crippen molar-refractivity contribution in [2.45, 2.75) is 37.9 Å². The fourth-order valence-corrected chi connectivity index (χ4v) is 2.78. The molecule has 21 heavy (non-hydrogen) atoms. The SMILES string of the molecule is O=Cc1ccc(N2CCCCCC2CO)cc1C(F)(F)F. The highest BCUT2D eigenvalue weighted by Crippen LogP contribution is 2.35. The van der Waals surface area contributed by atoms with Crippen LogP contribution < -0.4 is 4.90 Å². The van der Waals surface area contributed by atoms with Crippen LogP contribution in [0.5, 0.6) is 0 Å². The van der Waals surface area contributed by atoms with Crippen LogP contribution in [0.25, 0.3) is 0 Å². The number of anilines is 1. The van der Waals surface area contributed by atoms with E-state index >= 15 is 0 Å². The summed E-state index contributed by atoms with van der Waals surface area (Å²) < 4.78 is 39.0. The zero-order valence-corrected chi connectivity index (χ0v) is 11.6. The van der Waals surface area contributed by atoms with Gasteiger partial charge in [-0.15, -0.1) is 0 Å². The van der Waals surface area contributed by atoms with Crippen LogP contribution in [0.1, 0.15) is 41.6 Å². The zero-order valence-electron chi connectivity index (χ0n) is 11.6. The lowest BCUT2D eigenvalue weighted by molar-refractivity contribution is -0.137. The fourth-order valence-electron chi connectivity index (χ4n) is 2.78. The quantitative estimate of drug-likeness (QED) is 0.871. The molecule has 0 aliphatic carbocycles. The number of rotatable bonds is 3. The van der Waals surface area contributed by atoms with Crippen molar-refractivity contribution < 1.29 is 23.1 Å². The van der Waals surface area contributed by atoms with Gasteiger partial charge in [0, 0.05) is 17.8 Å². The molecule has 6 heteroatoms. The van der Waals surface area contributed by atoms with Crippen molar-refractivity contribution in [3.63, 3.8) is 0 Å². The van der Waals surface area contributed by atoms with Crippen molar-refractivity contribution in [1.82, 2.24) is 0 Å². The lowest BCUT2D eigenvalue weighted by atomic mass is 10.0. The molecule has 1 heterocycles. The van der Waals surface area contributed by atoms with Gasteiger partial charge in [0.05, 0.1) is 18.2 Å². The minimum absolute atomic E-state index is 0.0865. The minimum atomic E-state index is -4.56. The van der Waals surface area contributed by atoms with Crippen molar-refractivity contribution in [3.8, 4) is 0 Å². The summed E-state index contributed by atoms with van der Waals surface area (Å²) in [4.78, 5) is 12.6. The Kier molecular flexibility index (Phi) is 4.88. The van der Waals surface area contributed by atoms with Crippen LogP contribution in [0, 0.1) is 0 Å². The van der Waals surface area contributed by atoms with Gasteiger partial charge >= 0.3 is 6.18 Å². The molecule has 0 spiro atoms. The van der Waals surface area contributed by atoms with Crippen molar-refractivity contribution in [2.24, 2.45) is 0 Å². The van der Waals surface area contributed by atoms with Crippen LogP contribution >= 0.6 is 0 Å². The van der Waals surface area contributed by atoms with Gasteiger partial charge in [0.15, 0.2) is 6.29 Å². The molecule has 0 bridgehead atoms. The van der Waals surface area contributed by atoms with Gasteiger partial charge in [-0.1, -0.05) is 12.8 Å². The standard InChI is InChI=1S/C15H18F3NO2/c16-15(17,18)14-8-12(6-5-11(14)9-20)19-7-3-1-2-4-13(19)10-21/h5-6,8-9,13,21H,1-4,7,10H2. The Balaban J connectivity index is 2.40. The second-order valence-electron chi connectivity index (χ2n) is 5.27. The highest BCUT2D eigenvalue weighted by Gasteiger charge is 2.34. The Bertz CT molecular complexity index is 502. The number of hydrogen-bond acceptors (Lipinski definition) is 3. The summed E-state index contributed by atoms with van der Waals surface area (Å²) >= 11 is 0. The molecule has 1 unspecified atom stereocenters. The molecule has 3 nitrogen and oxygen atoms in total. The molecule has 1 atom stereocenters. The van der Waals surface area contributed by atoms with Crippen molar-refractivity contribution >= 4 is 12.0 Å². The Hall–Kier alpha value is -1.56. The van der Waals surface area contributed by atoms with Crippen LogP contribution in [-0.2, 0) is 6.18 Å². The number of benzene rings is 1. The molecule has 0 amide bonds. The van der Waals surface area contributed by atoms with E-state index in [2.05, 4.69) is 0 Å². The average Bonchev–Trinajstić information content (AvgIpc) is 2.70. The Morgan fingerprint density at radius 3 is 2.67 bits per heavy atom. The first kappa shape index (κ1) is 15.8. The van der Waals surface area contributed by atoms with Gasteiger partial charge in [-0.25, -0.2) is 0 Å². The van der Waals surface area contributed by atoms with E-state index in [4.69, 9.17) is 0 Å². The Morgan fingerprint density at radius 1 is 1.29 bits per heavy atom.